The zero-order chi connectivity index (χ0) is 17.6. The molecule has 1 amide bonds. The molecule has 0 atom stereocenters. The van der Waals surface area contributed by atoms with E-state index in [1.807, 2.05) is 36.4 Å². The standard InChI is InChI=1S/C18H15ClN4O2/c1-25-14-8-6-12(7-9-14)16-10-17(22-21-16)18(24)23-20-11-13-4-2-3-5-15(13)19/h2-11H,1H3,(H,21,22)(H,23,24)/b20-11+. The molecule has 1 aromatic heterocycles. The van der Waals surface area contributed by atoms with Crippen molar-refractivity contribution in [3.63, 3.8) is 0 Å². The van der Waals surface area contributed by atoms with E-state index in [2.05, 4.69) is 20.7 Å². The molecule has 0 aliphatic rings. The van der Waals surface area contributed by atoms with E-state index in [1.54, 1.807) is 25.3 Å². The third-order valence-electron chi connectivity index (χ3n) is 3.48. The minimum Gasteiger partial charge on any atom is -0.497 e. The molecule has 0 saturated heterocycles. The number of carbonyl (C=O) groups is 1. The summed E-state index contributed by atoms with van der Waals surface area (Å²) in [5.74, 6) is 0.363. The number of benzene rings is 2. The summed E-state index contributed by atoms with van der Waals surface area (Å²) in [6.07, 6.45) is 1.49. The quantitative estimate of drug-likeness (QED) is 0.543. The molecule has 0 spiro atoms. The number of nitrogens with one attached hydrogen (secondary N) is 2. The topological polar surface area (TPSA) is 79.4 Å². The van der Waals surface area contributed by atoms with Gasteiger partial charge in [0.25, 0.3) is 5.91 Å². The van der Waals surface area contributed by atoms with Gasteiger partial charge >= 0.3 is 0 Å². The number of ether oxygens (including phenoxy) is 1. The van der Waals surface area contributed by atoms with E-state index in [-0.39, 0.29) is 0 Å². The molecule has 1 heterocycles. The Hall–Kier alpha value is -3.12. The van der Waals surface area contributed by atoms with E-state index in [1.165, 1.54) is 6.21 Å². The van der Waals surface area contributed by atoms with Gasteiger partial charge in [0.2, 0.25) is 0 Å². The Morgan fingerprint density at radius 3 is 2.72 bits per heavy atom. The van der Waals surface area contributed by atoms with Gasteiger partial charge < -0.3 is 4.74 Å². The second-order valence-electron chi connectivity index (χ2n) is 5.12. The van der Waals surface area contributed by atoms with E-state index in [9.17, 15) is 4.79 Å². The van der Waals surface area contributed by atoms with E-state index in [0.29, 0.717) is 22.0 Å². The Kier molecular flexibility index (Phi) is 5.11. The molecule has 126 valence electrons. The first-order valence-corrected chi connectivity index (χ1v) is 7.83. The number of halogens is 1. The maximum Gasteiger partial charge on any atom is 0.289 e. The molecule has 25 heavy (non-hydrogen) atoms. The Morgan fingerprint density at radius 1 is 1.24 bits per heavy atom. The summed E-state index contributed by atoms with van der Waals surface area (Å²) in [4.78, 5) is 12.1. The normalized spacial score (nSPS) is 10.8. The van der Waals surface area contributed by atoms with Crippen molar-refractivity contribution in [2.75, 3.05) is 7.11 Å². The minimum absolute atomic E-state index is 0.308. The first-order valence-electron chi connectivity index (χ1n) is 7.45. The van der Waals surface area contributed by atoms with Crippen LogP contribution < -0.4 is 10.2 Å². The summed E-state index contributed by atoms with van der Waals surface area (Å²) < 4.78 is 5.12. The zero-order valence-corrected chi connectivity index (χ0v) is 14.1. The fraction of sp³-hybridized carbons (Fsp3) is 0.0556. The summed E-state index contributed by atoms with van der Waals surface area (Å²) in [6.45, 7) is 0. The Bertz CT molecular complexity index is 903. The van der Waals surface area contributed by atoms with Crippen molar-refractivity contribution in [1.29, 1.82) is 0 Å². The van der Waals surface area contributed by atoms with Gasteiger partial charge in [-0.1, -0.05) is 29.8 Å². The van der Waals surface area contributed by atoms with Gasteiger partial charge in [-0.3, -0.25) is 9.89 Å². The van der Waals surface area contributed by atoms with Crippen LogP contribution >= 0.6 is 11.6 Å². The molecule has 2 N–H and O–H groups in total. The van der Waals surface area contributed by atoms with Gasteiger partial charge in [-0.2, -0.15) is 10.2 Å². The molecule has 0 radical (unpaired) electrons. The van der Waals surface area contributed by atoms with Gasteiger partial charge in [-0.05, 0) is 36.4 Å². The van der Waals surface area contributed by atoms with E-state index < -0.39 is 5.91 Å². The molecule has 0 bridgehead atoms. The summed E-state index contributed by atoms with van der Waals surface area (Å²) in [5, 5.41) is 11.3. The minimum atomic E-state index is -0.393. The third kappa shape index (κ3) is 4.05. The number of methoxy groups -OCH3 is 1. The van der Waals surface area contributed by atoms with Crippen LogP contribution in [0, 0.1) is 0 Å². The predicted octanol–water partition coefficient (Wildman–Crippen LogP) is 3.50. The number of rotatable bonds is 5. The number of hydrogen-bond acceptors (Lipinski definition) is 4. The zero-order valence-electron chi connectivity index (χ0n) is 13.4. The molecule has 3 rings (SSSR count). The number of aromatic nitrogens is 2. The molecule has 6 nitrogen and oxygen atoms in total. The summed E-state index contributed by atoms with van der Waals surface area (Å²) >= 11 is 6.02. The average Bonchev–Trinajstić information content (AvgIpc) is 3.13. The highest BCUT2D eigenvalue weighted by Gasteiger charge is 2.10. The molecular weight excluding hydrogens is 340 g/mol. The molecular formula is C18H15ClN4O2. The lowest BCUT2D eigenvalue weighted by Gasteiger charge is -2.00. The van der Waals surface area contributed by atoms with Crippen molar-refractivity contribution in [3.05, 3.63) is 70.9 Å². The van der Waals surface area contributed by atoms with Crippen molar-refractivity contribution in [1.82, 2.24) is 15.6 Å². The first-order chi connectivity index (χ1) is 12.2. The highest BCUT2D eigenvalue weighted by molar-refractivity contribution is 6.33. The predicted molar refractivity (Wildman–Crippen MR) is 97.1 cm³/mol. The van der Waals surface area contributed by atoms with Gasteiger partial charge in [0.15, 0.2) is 0 Å². The van der Waals surface area contributed by atoms with Crippen LogP contribution in [0.15, 0.2) is 59.7 Å². The Morgan fingerprint density at radius 2 is 2.00 bits per heavy atom. The fourth-order valence-electron chi connectivity index (χ4n) is 2.15. The lowest BCUT2D eigenvalue weighted by atomic mass is 10.1. The molecule has 3 aromatic rings. The average molecular weight is 355 g/mol. The van der Waals surface area contributed by atoms with Crippen molar-refractivity contribution in [2.24, 2.45) is 5.10 Å². The van der Waals surface area contributed by atoms with E-state index in [0.717, 1.165) is 11.3 Å². The number of hydrogen-bond donors (Lipinski definition) is 2. The fourth-order valence-corrected chi connectivity index (χ4v) is 2.33. The van der Waals surface area contributed by atoms with Crippen LogP contribution in [0.25, 0.3) is 11.3 Å². The van der Waals surface area contributed by atoms with Gasteiger partial charge in [-0.25, -0.2) is 5.43 Å². The van der Waals surface area contributed by atoms with Gasteiger partial charge in [0, 0.05) is 16.1 Å². The SMILES string of the molecule is COc1ccc(-c2cc(C(=O)N/N=C/c3ccccc3Cl)[nH]n2)cc1. The van der Waals surface area contributed by atoms with Gasteiger partial charge in [0.1, 0.15) is 11.4 Å². The maximum atomic E-state index is 12.1. The molecule has 7 heteroatoms. The summed E-state index contributed by atoms with van der Waals surface area (Å²) in [6, 6.07) is 16.3. The van der Waals surface area contributed by atoms with Crippen LogP contribution in [-0.4, -0.2) is 29.4 Å². The number of hydrazone groups is 1. The first kappa shape index (κ1) is 16.7. The van der Waals surface area contributed by atoms with Crippen LogP contribution in [0.1, 0.15) is 16.1 Å². The third-order valence-corrected chi connectivity index (χ3v) is 3.83. The monoisotopic (exact) mass is 354 g/mol. The van der Waals surface area contributed by atoms with Crippen LogP contribution in [-0.2, 0) is 0 Å². The number of carbonyl (C=O) groups excluding carboxylic acids is 1. The Labute approximate surface area is 149 Å². The number of nitrogens with zero attached hydrogens (tertiary/aromatic N) is 2. The highest BCUT2D eigenvalue weighted by Crippen LogP contribution is 2.21. The second kappa shape index (κ2) is 7.63. The molecule has 0 saturated carbocycles. The lowest BCUT2D eigenvalue weighted by molar-refractivity contribution is 0.0950. The smallest absolute Gasteiger partial charge is 0.289 e. The van der Waals surface area contributed by atoms with Gasteiger partial charge in [-0.15, -0.1) is 0 Å². The molecule has 0 aliphatic heterocycles. The van der Waals surface area contributed by atoms with Crippen molar-refractivity contribution in [2.45, 2.75) is 0 Å². The van der Waals surface area contributed by atoms with Crippen molar-refractivity contribution in [3.8, 4) is 17.0 Å². The summed E-state index contributed by atoms with van der Waals surface area (Å²) in [5.41, 5.74) is 4.99. The number of aromatic amines is 1. The molecule has 0 unspecified atom stereocenters. The molecule has 0 fully saturated rings. The number of H-pyrrole nitrogens is 1. The largest absolute Gasteiger partial charge is 0.497 e. The Balaban J connectivity index is 1.67. The van der Waals surface area contributed by atoms with Gasteiger partial charge in [0.05, 0.1) is 19.0 Å². The van der Waals surface area contributed by atoms with Crippen LogP contribution in [0.4, 0.5) is 0 Å². The summed E-state index contributed by atoms with van der Waals surface area (Å²) in [7, 11) is 1.61. The lowest BCUT2D eigenvalue weighted by Crippen LogP contribution is -2.18. The van der Waals surface area contributed by atoms with Crippen molar-refractivity contribution < 1.29 is 9.53 Å². The second-order valence-corrected chi connectivity index (χ2v) is 5.52. The van der Waals surface area contributed by atoms with Crippen LogP contribution in [0.2, 0.25) is 5.02 Å². The maximum absolute atomic E-state index is 12.1. The number of amides is 1. The van der Waals surface area contributed by atoms with E-state index in [4.69, 9.17) is 16.3 Å². The van der Waals surface area contributed by atoms with Crippen LogP contribution in [0.3, 0.4) is 0 Å². The van der Waals surface area contributed by atoms with Crippen molar-refractivity contribution >= 4 is 23.7 Å². The molecule has 2 aromatic carbocycles. The molecule has 0 aliphatic carbocycles. The highest BCUT2D eigenvalue weighted by atomic mass is 35.5. The van der Waals surface area contributed by atoms with E-state index >= 15 is 0 Å². The van der Waals surface area contributed by atoms with Crippen LogP contribution in [0.5, 0.6) is 5.75 Å².